The minimum absolute atomic E-state index is 0.172. The van der Waals surface area contributed by atoms with Crippen LogP contribution in [0.3, 0.4) is 0 Å². The largest absolute Gasteiger partial charge is 0.497 e. The first-order valence-electron chi connectivity index (χ1n) is 7.33. The third kappa shape index (κ3) is 5.91. The molecule has 120 valence electrons. The third-order valence-corrected chi connectivity index (χ3v) is 3.18. The molecule has 0 radical (unpaired) electrons. The molecule has 21 heavy (non-hydrogen) atoms. The van der Waals surface area contributed by atoms with Crippen molar-refractivity contribution in [2.24, 2.45) is 0 Å². The zero-order valence-corrected chi connectivity index (χ0v) is 13.4. The molecule has 0 spiro atoms. The van der Waals surface area contributed by atoms with Crippen LogP contribution in [0, 0.1) is 0 Å². The van der Waals surface area contributed by atoms with Crippen LogP contribution in [0.25, 0.3) is 0 Å². The Balaban J connectivity index is 2.81. The Morgan fingerprint density at radius 1 is 1.24 bits per heavy atom. The second-order valence-corrected chi connectivity index (χ2v) is 5.00. The van der Waals surface area contributed by atoms with Crippen molar-refractivity contribution in [1.82, 2.24) is 5.32 Å². The Morgan fingerprint density at radius 3 is 2.62 bits per heavy atom. The number of ether oxygens (including phenoxy) is 3. The summed E-state index contributed by atoms with van der Waals surface area (Å²) in [5.74, 6) is 1.46. The summed E-state index contributed by atoms with van der Waals surface area (Å²) in [5, 5.41) is 13.1. The Kier molecular flexibility index (Phi) is 8.12. The molecule has 0 saturated carbocycles. The van der Waals surface area contributed by atoms with Crippen LogP contribution in [0.1, 0.15) is 31.9 Å². The molecule has 0 saturated heterocycles. The normalized spacial score (nSPS) is 13.8. The lowest BCUT2D eigenvalue weighted by atomic mass is 10.1. The van der Waals surface area contributed by atoms with E-state index in [-0.39, 0.29) is 19.3 Å². The van der Waals surface area contributed by atoms with Crippen LogP contribution in [0.4, 0.5) is 0 Å². The fourth-order valence-electron chi connectivity index (χ4n) is 2.02. The number of aliphatic hydroxyl groups excluding tert-OH is 1. The number of hydrogen-bond donors (Lipinski definition) is 2. The van der Waals surface area contributed by atoms with Gasteiger partial charge in [-0.1, -0.05) is 13.0 Å². The summed E-state index contributed by atoms with van der Waals surface area (Å²) in [6.07, 6.45) is 0.427. The van der Waals surface area contributed by atoms with Crippen molar-refractivity contribution in [2.75, 3.05) is 34.0 Å². The monoisotopic (exact) mass is 297 g/mol. The van der Waals surface area contributed by atoms with Gasteiger partial charge in [0, 0.05) is 24.8 Å². The molecule has 5 heteroatoms. The molecule has 0 fully saturated rings. The minimum atomic E-state index is -0.645. The molecular weight excluding hydrogens is 270 g/mol. The Morgan fingerprint density at radius 2 is 2.00 bits per heavy atom. The van der Waals surface area contributed by atoms with Crippen molar-refractivity contribution in [3.63, 3.8) is 0 Å². The fraction of sp³-hybridized carbons (Fsp3) is 0.625. The highest BCUT2D eigenvalue weighted by molar-refractivity contribution is 5.42. The van der Waals surface area contributed by atoms with E-state index in [4.69, 9.17) is 14.2 Å². The van der Waals surface area contributed by atoms with E-state index in [0.717, 1.165) is 30.0 Å². The van der Waals surface area contributed by atoms with Gasteiger partial charge in [-0.25, -0.2) is 0 Å². The molecule has 2 unspecified atom stereocenters. The highest BCUT2D eigenvalue weighted by Crippen LogP contribution is 2.29. The van der Waals surface area contributed by atoms with Gasteiger partial charge in [-0.15, -0.1) is 0 Å². The van der Waals surface area contributed by atoms with Gasteiger partial charge in [0.1, 0.15) is 24.2 Å². The Hall–Kier alpha value is -1.30. The van der Waals surface area contributed by atoms with E-state index in [1.165, 1.54) is 0 Å². The van der Waals surface area contributed by atoms with Crippen LogP contribution in [-0.4, -0.2) is 45.2 Å². The van der Waals surface area contributed by atoms with Crippen LogP contribution in [0.5, 0.6) is 11.5 Å². The maximum atomic E-state index is 9.71. The van der Waals surface area contributed by atoms with Crippen molar-refractivity contribution < 1.29 is 19.3 Å². The molecule has 2 N–H and O–H groups in total. The maximum absolute atomic E-state index is 9.71. The number of hydrogen-bond acceptors (Lipinski definition) is 5. The summed E-state index contributed by atoms with van der Waals surface area (Å²) in [6.45, 7) is 5.61. The van der Waals surface area contributed by atoms with Crippen molar-refractivity contribution in [3.8, 4) is 11.5 Å². The molecule has 5 nitrogen and oxygen atoms in total. The Labute approximate surface area is 127 Å². The van der Waals surface area contributed by atoms with Crippen LogP contribution in [0.15, 0.2) is 18.2 Å². The molecule has 0 aliphatic heterocycles. The second-order valence-electron chi connectivity index (χ2n) is 5.00. The number of nitrogens with one attached hydrogen (secondary N) is 1. The predicted octanol–water partition coefficient (Wildman–Crippen LogP) is 2.14. The van der Waals surface area contributed by atoms with Crippen LogP contribution < -0.4 is 14.8 Å². The summed E-state index contributed by atoms with van der Waals surface area (Å²) in [5.41, 5.74) is 1.05. The molecule has 0 aliphatic carbocycles. The smallest absolute Gasteiger partial charge is 0.127 e. The van der Waals surface area contributed by atoms with Crippen molar-refractivity contribution >= 4 is 0 Å². The minimum Gasteiger partial charge on any atom is -0.497 e. The average Bonchev–Trinajstić information content (AvgIpc) is 2.50. The SMILES string of the molecule is CCCNC(C)c1ccc(OC)cc1OCC(O)COC. The molecule has 1 rings (SSSR count). The predicted molar refractivity (Wildman–Crippen MR) is 83.1 cm³/mol. The van der Waals surface area contributed by atoms with Crippen LogP contribution in [-0.2, 0) is 4.74 Å². The van der Waals surface area contributed by atoms with Crippen molar-refractivity contribution in [3.05, 3.63) is 23.8 Å². The van der Waals surface area contributed by atoms with Crippen molar-refractivity contribution in [2.45, 2.75) is 32.4 Å². The summed E-state index contributed by atoms with van der Waals surface area (Å²) in [7, 11) is 3.17. The zero-order valence-electron chi connectivity index (χ0n) is 13.4. The summed E-state index contributed by atoms with van der Waals surface area (Å²) >= 11 is 0. The number of rotatable bonds is 10. The first-order chi connectivity index (χ1) is 10.1. The van der Waals surface area contributed by atoms with E-state index >= 15 is 0 Å². The van der Waals surface area contributed by atoms with Gasteiger partial charge in [-0.05, 0) is 26.0 Å². The summed E-state index contributed by atoms with van der Waals surface area (Å²) in [4.78, 5) is 0. The van der Waals surface area contributed by atoms with Gasteiger partial charge in [-0.2, -0.15) is 0 Å². The van der Waals surface area contributed by atoms with E-state index in [0.29, 0.717) is 0 Å². The second kappa shape index (κ2) is 9.60. The van der Waals surface area contributed by atoms with Crippen LogP contribution >= 0.6 is 0 Å². The highest BCUT2D eigenvalue weighted by atomic mass is 16.5. The Bertz CT molecular complexity index is 411. The molecule has 1 aromatic carbocycles. The van der Waals surface area contributed by atoms with Gasteiger partial charge in [0.15, 0.2) is 0 Å². The molecule has 0 aromatic heterocycles. The van der Waals surface area contributed by atoms with Crippen molar-refractivity contribution in [1.29, 1.82) is 0 Å². The molecule has 2 atom stereocenters. The topological polar surface area (TPSA) is 60.0 Å². The summed E-state index contributed by atoms with van der Waals surface area (Å²) in [6, 6.07) is 5.92. The van der Waals surface area contributed by atoms with Gasteiger partial charge in [0.25, 0.3) is 0 Å². The molecule has 1 aromatic rings. The van der Waals surface area contributed by atoms with Gasteiger partial charge in [0.05, 0.1) is 13.7 Å². The van der Waals surface area contributed by atoms with E-state index in [2.05, 4.69) is 19.2 Å². The quantitative estimate of drug-likeness (QED) is 0.693. The van der Waals surface area contributed by atoms with E-state index in [9.17, 15) is 5.11 Å². The molecule has 0 amide bonds. The van der Waals surface area contributed by atoms with Crippen LogP contribution in [0.2, 0.25) is 0 Å². The lowest BCUT2D eigenvalue weighted by molar-refractivity contribution is 0.0321. The lowest BCUT2D eigenvalue weighted by Gasteiger charge is -2.20. The highest BCUT2D eigenvalue weighted by Gasteiger charge is 2.14. The number of benzene rings is 1. The first-order valence-corrected chi connectivity index (χ1v) is 7.33. The molecule has 0 heterocycles. The third-order valence-electron chi connectivity index (χ3n) is 3.18. The average molecular weight is 297 g/mol. The summed E-state index contributed by atoms with van der Waals surface area (Å²) < 4.78 is 15.9. The molecule has 0 aliphatic rings. The van der Waals surface area contributed by atoms with Gasteiger partial charge >= 0.3 is 0 Å². The standard InChI is InChI=1S/C16H27NO4/c1-5-8-17-12(2)15-7-6-14(20-4)9-16(15)21-11-13(18)10-19-3/h6-7,9,12-13,17-18H,5,8,10-11H2,1-4H3. The fourth-order valence-corrected chi connectivity index (χ4v) is 2.02. The van der Waals surface area contributed by atoms with Gasteiger partial charge < -0.3 is 24.6 Å². The van der Waals surface area contributed by atoms with Gasteiger partial charge in [0.2, 0.25) is 0 Å². The van der Waals surface area contributed by atoms with Gasteiger partial charge in [-0.3, -0.25) is 0 Å². The van der Waals surface area contributed by atoms with E-state index in [1.807, 2.05) is 18.2 Å². The first kappa shape index (κ1) is 17.8. The number of methoxy groups -OCH3 is 2. The number of aliphatic hydroxyl groups is 1. The molecular formula is C16H27NO4. The van der Waals surface area contributed by atoms with E-state index < -0.39 is 6.10 Å². The molecule has 0 bridgehead atoms. The maximum Gasteiger partial charge on any atom is 0.127 e. The lowest BCUT2D eigenvalue weighted by Crippen LogP contribution is -2.24. The van der Waals surface area contributed by atoms with E-state index in [1.54, 1.807) is 14.2 Å². The zero-order chi connectivity index (χ0) is 15.7.